The van der Waals surface area contributed by atoms with Crippen molar-refractivity contribution in [3.63, 3.8) is 0 Å². The van der Waals surface area contributed by atoms with Gasteiger partial charge < -0.3 is 10.2 Å². The van der Waals surface area contributed by atoms with Gasteiger partial charge in [0, 0.05) is 35.6 Å². The third kappa shape index (κ3) is 4.75. The first kappa shape index (κ1) is 19.6. The van der Waals surface area contributed by atoms with Gasteiger partial charge in [-0.25, -0.2) is 0 Å². The summed E-state index contributed by atoms with van der Waals surface area (Å²) >= 11 is 5.87. The highest BCUT2D eigenvalue weighted by Gasteiger charge is 2.18. The van der Waals surface area contributed by atoms with Gasteiger partial charge in [-0.3, -0.25) is 14.6 Å². The fraction of sp³-hybridized carbons (Fsp3) is 0.136. The Morgan fingerprint density at radius 3 is 2.43 bits per heavy atom. The first-order chi connectivity index (χ1) is 13.6. The summed E-state index contributed by atoms with van der Waals surface area (Å²) in [7, 11) is 0. The molecular weight excluding hydrogens is 374 g/mol. The van der Waals surface area contributed by atoms with Gasteiger partial charge >= 0.3 is 0 Å². The summed E-state index contributed by atoms with van der Waals surface area (Å²) in [6.45, 7) is 2.76. The van der Waals surface area contributed by atoms with Crippen molar-refractivity contribution in [2.45, 2.75) is 13.5 Å². The van der Waals surface area contributed by atoms with Gasteiger partial charge in [-0.1, -0.05) is 41.9 Å². The maximum Gasteiger partial charge on any atom is 0.276 e. The lowest BCUT2D eigenvalue weighted by atomic mass is 10.1. The Bertz CT molecular complexity index is 959. The van der Waals surface area contributed by atoms with Crippen molar-refractivity contribution in [1.29, 1.82) is 0 Å². The summed E-state index contributed by atoms with van der Waals surface area (Å²) in [5.41, 5.74) is 2.33. The van der Waals surface area contributed by atoms with Crippen LogP contribution in [0.2, 0.25) is 5.02 Å². The minimum absolute atomic E-state index is 0.227. The molecule has 5 nitrogen and oxygen atoms in total. The van der Waals surface area contributed by atoms with Gasteiger partial charge in [0.15, 0.2) is 0 Å². The molecule has 0 spiro atoms. The number of hydrogen-bond donors (Lipinski definition) is 1. The van der Waals surface area contributed by atoms with E-state index in [0.29, 0.717) is 23.7 Å². The van der Waals surface area contributed by atoms with Gasteiger partial charge in [0.1, 0.15) is 5.69 Å². The van der Waals surface area contributed by atoms with Crippen LogP contribution in [-0.2, 0) is 6.54 Å². The molecule has 0 aliphatic heterocycles. The molecule has 2 aromatic carbocycles. The van der Waals surface area contributed by atoms with Crippen LogP contribution < -0.4 is 10.2 Å². The van der Waals surface area contributed by atoms with Gasteiger partial charge in [0.2, 0.25) is 0 Å². The molecule has 0 saturated heterocycles. The second kappa shape index (κ2) is 9.15. The molecule has 0 aliphatic rings. The third-order valence-corrected chi connectivity index (χ3v) is 4.49. The number of aromatic nitrogens is 1. The number of halogens is 1. The second-order valence-corrected chi connectivity index (χ2v) is 6.56. The van der Waals surface area contributed by atoms with E-state index in [-0.39, 0.29) is 17.5 Å². The predicted octanol–water partition coefficient (Wildman–Crippen LogP) is 4.33. The average molecular weight is 394 g/mol. The first-order valence-corrected chi connectivity index (χ1v) is 9.32. The molecule has 1 heterocycles. The molecule has 0 unspecified atom stereocenters. The number of nitrogens with zero attached hydrogens (tertiary/aromatic N) is 2. The zero-order valence-corrected chi connectivity index (χ0v) is 16.2. The van der Waals surface area contributed by atoms with Crippen LogP contribution in [0.5, 0.6) is 0 Å². The van der Waals surface area contributed by atoms with Crippen LogP contribution in [-0.4, -0.2) is 23.3 Å². The topological polar surface area (TPSA) is 62.3 Å². The predicted molar refractivity (Wildman–Crippen MR) is 111 cm³/mol. The number of benzene rings is 2. The Hall–Kier alpha value is -3.18. The number of rotatable bonds is 6. The maximum atomic E-state index is 12.9. The molecule has 3 aromatic rings. The number of carbonyl (C=O) groups excluding carboxylic acids is 2. The third-order valence-electron chi connectivity index (χ3n) is 4.24. The van der Waals surface area contributed by atoms with Crippen molar-refractivity contribution >= 4 is 29.1 Å². The number of carbonyl (C=O) groups is 2. The van der Waals surface area contributed by atoms with Gasteiger partial charge in [0.25, 0.3) is 11.8 Å². The number of amides is 2. The van der Waals surface area contributed by atoms with Crippen LogP contribution >= 0.6 is 11.6 Å². The first-order valence-electron chi connectivity index (χ1n) is 8.94. The van der Waals surface area contributed by atoms with Gasteiger partial charge in [-0.2, -0.15) is 0 Å². The minimum Gasteiger partial charge on any atom is -0.348 e. The van der Waals surface area contributed by atoms with Crippen molar-refractivity contribution in [1.82, 2.24) is 10.3 Å². The summed E-state index contributed by atoms with van der Waals surface area (Å²) < 4.78 is 0. The highest BCUT2D eigenvalue weighted by Crippen LogP contribution is 2.16. The van der Waals surface area contributed by atoms with Gasteiger partial charge in [-0.15, -0.1) is 0 Å². The van der Waals surface area contributed by atoms with Crippen LogP contribution in [0.25, 0.3) is 0 Å². The fourth-order valence-corrected chi connectivity index (χ4v) is 2.89. The van der Waals surface area contributed by atoms with E-state index in [9.17, 15) is 9.59 Å². The molecule has 3 rings (SSSR count). The van der Waals surface area contributed by atoms with E-state index in [2.05, 4.69) is 10.3 Å². The standard InChI is InChI=1S/C22H20ClN3O2/c1-2-26(19-6-4-3-5-7-19)22(28)20-14-17(12-13-24-20)21(27)25-15-16-8-10-18(23)11-9-16/h3-14H,2,15H2,1H3,(H,25,27). The summed E-state index contributed by atoms with van der Waals surface area (Å²) in [5, 5.41) is 3.49. The van der Waals surface area contributed by atoms with Crippen molar-refractivity contribution in [3.8, 4) is 0 Å². The molecule has 142 valence electrons. The van der Waals surface area contributed by atoms with E-state index in [0.717, 1.165) is 11.3 Å². The Balaban J connectivity index is 1.72. The van der Waals surface area contributed by atoms with Crippen molar-refractivity contribution in [3.05, 3.63) is 94.8 Å². The van der Waals surface area contributed by atoms with E-state index in [1.807, 2.05) is 49.4 Å². The van der Waals surface area contributed by atoms with Gasteiger partial charge in [0.05, 0.1) is 0 Å². The smallest absolute Gasteiger partial charge is 0.276 e. The molecule has 1 aromatic heterocycles. The average Bonchev–Trinajstić information content (AvgIpc) is 2.74. The monoisotopic (exact) mass is 393 g/mol. The SMILES string of the molecule is CCN(C(=O)c1cc(C(=O)NCc2ccc(Cl)cc2)ccn1)c1ccccc1. The molecule has 0 bridgehead atoms. The molecule has 0 atom stereocenters. The molecule has 1 N–H and O–H groups in total. The fourth-order valence-electron chi connectivity index (χ4n) is 2.77. The molecule has 28 heavy (non-hydrogen) atoms. The molecule has 2 amide bonds. The van der Waals surface area contributed by atoms with Crippen molar-refractivity contribution in [2.24, 2.45) is 0 Å². The Kier molecular flexibility index (Phi) is 6.40. The molecule has 0 fully saturated rings. The van der Waals surface area contributed by atoms with Crippen LogP contribution in [0, 0.1) is 0 Å². The molecule has 0 aliphatic carbocycles. The molecule has 0 radical (unpaired) electrons. The summed E-state index contributed by atoms with van der Waals surface area (Å²) in [6, 6.07) is 19.7. The highest BCUT2D eigenvalue weighted by atomic mass is 35.5. The Labute approximate surface area is 169 Å². The van der Waals surface area contributed by atoms with E-state index in [1.165, 1.54) is 12.3 Å². The highest BCUT2D eigenvalue weighted by molar-refractivity contribution is 6.30. The number of para-hydroxylation sites is 1. The van der Waals surface area contributed by atoms with Crippen LogP contribution in [0.4, 0.5) is 5.69 Å². The van der Waals surface area contributed by atoms with E-state index >= 15 is 0 Å². The van der Waals surface area contributed by atoms with Crippen molar-refractivity contribution in [2.75, 3.05) is 11.4 Å². The lowest BCUT2D eigenvalue weighted by Gasteiger charge is -2.20. The Morgan fingerprint density at radius 1 is 1.04 bits per heavy atom. The van der Waals surface area contributed by atoms with Gasteiger partial charge in [-0.05, 0) is 48.9 Å². The largest absolute Gasteiger partial charge is 0.348 e. The number of hydrogen-bond acceptors (Lipinski definition) is 3. The number of nitrogens with one attached hydrogen (secondary N) is 1. The summed E-state index contributed by atoms with van der Waals surface area (Å²) in [6.07, 6.45) is 1.48. The van der Waals surface area contributed by atoms with Crippen molar-refractivity contribution < 1.29 is 9.59 Å². The number of anilines is 1. The maximum absolute atomic E-state index is 12.9. The zero-order valence-electron chi connectivity index (χ0n) is 15.4. The minimum atomic E-state index is -0.269. The zero-order chi connectivity index (χ0) is 19.9. The van der Waals surface area contributed by atoms with E-state index in [4.69, 9.17) is 11.6 Å². The lowest BCUT2D eigenvalue weighted by molar-refractivity contribution is 0.0951. The second-order valence-electron chi connectivity index (χ2n) is 6.12. The molecular formula is C22H20ClN3O2. The quantitative estimate of drug-likeness (QED) is 0.677. The Morgan fingerprint density at radius 2 is 1.75 bits per heavy atom. The van der Waals surface area contributed by atoms with Crippen LogP contribution in [0.15, 0.2) is 72.9 Å². The molecule has 6 heteroatoms. The van der Waals surface area contributed by atoms with Crippen LogP contribution in [0.3, 0.4) is 0 Å². The normalized spacial score (nSPS) is 10.4. The lowest BCUT2D eigenvalue weighted by Crippen LogP contribution is -2.31. The number of pyridine rings is 1. The van der Waals surface area contributed by atoms with E-state index in [1.54, 1.807) is 23.1 Å². The van der Waals surface area contributed by atoms with Crippen LogP contribution in [0.1, 0.15) is 33.3 Å². The van der Waals surface area contributed by atoms with E-state index < -0.39 is 0 Å². The summed E-state index contributed by atoms with van der Waals surface area (Å²) in [5.74, 6) is -0.518. The molecule has 0 saturated carbocycles. The summed E-state index contributed by atoms with van der Waals surface area (Å²) in [4.78, 5) is 31.1.